The number of hydrogen-bond donors (Lipinski definition) is 2. The molecule has 0 amide bonds. The lowest BCUT2D eigenvalue weighted by Gasteiger charge is -1.98. The molecule has 0 rings (SSSR count). The third-order valence-corrected chi connectivity index (χ3v) is 1.31. The fraction of sp³-hybridized carbons (Fsp3) is 0.714. The zero-order chi connectivity index (χ0) is 8.69. The number of aliphatic carboxylic acids is 1. The minimum Gasteiger partial charge on any atom is -0.481 e. The third kappa shape index (κ3) is 5.39. The quantitative estimate of drug-likeness (QED) is 0.362. The van der Waals surface area contributed by atoms with Crippen molar-refractivity contribution >= 4 is 11.7 Å². The average Bonchev–Trinajstić information content (AvgIpc) is 1.97. The topological polar surface area (TPSA) is 69.9 Å². The van der Waals surface area contributed by atoms with Crippen LogP contribution < -0.4 is 0 Å². The molecule has 4 nitrogen and oxygen atoms in total. The molecule has 0 fully saturated rings. The molecule has 0 unspecified atom stereocenters. The molecule has 0 aromatic heterocycles. The average molecular weight is 159 g/mol. The number of carbonyl (C=O) groups is 1. The van der Waals surface area contributed by atoms with Gasteiger partial charge in [-0.25, -0.2) is 0 Å². The Kier molecular flexibility index (Phi) is 5.15. The van der Waals surface area contributed by atoms with Gasteiger partial charge in [0.1, 0.15) is 0 Å². The van der Waals surface area contributed by atoms with Crippen LogP contribution in [0.3, 0.4) is 0 Å². The summed E-state index contributed by atoms with van der Waals surface area (Å²) >= 11 is 0. The molecule has 0 saturated carbocycles. The summed E-state index contributed by atoms with van der Waals surface area (Å²) in [6, 6.07) is 0. The van der Waals surface area contributed by atoms with Crippen LogP contribution in [0, 0.1) is 0 Å². The normalized spacial score (nSPS) is 11.5. The highest BCUT2D eigenvalue weighted by Crippen LogP contribution is 2.00. The second kappa shape index (κ2) is 5.70. The van der Waals surface area contributed by atoms with Gasteiger partial charge in [-0.05, 0) is 12.8 Å². The first-order valence-electron chi connectivity index (χ1n) is 3.62. The molecule has 0 aliphatic rings. The Morgan fingerprint density at radius 2 is 2.00 bits per heavy atom. The summed E-state index contributed by atoms with van der Waals surface area (Å²) in [4.78, 5) is 10.1. The lowest BCUT2D eigenvalue weighted by Crippen LogP contribution is -2.03. The van der Waals surface area contributed by atoms with E-state index in [0.717, 1.165) is 6.42 Å². The Morgan fingerprint density at radius 3 is 2.36 bits per heavy atom. The van der Waals surface area contributed by atoms with Crippen LogP contribution in [-0.4, -0.2) is 22.0 Å². The maximum absolute atomic E-state index is 10.1. The van der Waals surface area contributed by atoms with Crippen molar-refractivity contribution in [3.05, 3.63) is 0 Å². The number of hydrogen-bond acceptors (Lipinski definition) is 3. The smallest absolute Gasteiger partial charge is 0.303 e. The van der Waals surface area contributed by atoms with E-state index in [1.807, 2.05) is 6.92 Å². The Labute approximate surface area is 65.5 Å². The first kappa shape index (κ1) is 9.94. The van der Waals surface area contributed by atoms with E-state index in [0.29, 0.717) is 18.6 Å². The minimum atomic E-state index is -0.859. The van der Waals surface area contributed by atoms with Gasteiger partial charge in [-0.3, -0.25) is 4.79 Å². The molecular weight excluding hydrogens is 146 g/mol. The predicted molar refractivity (Wildman–Crippen MR) is 41.0 cm³/mol. The van der Waals surface area contributed by atoms with Gasteiger partial charge >= 0.3 is 5.97 Å². The van der Waals surface area contributed by atoms with Gasteiger partial charge in [-0.15, -0.1) is 0 Å². The van der Waals surface area contributed by atoms with Crippen LogP contribution in [0.25, 0.3) is 0 Å². The van der Waals surface area contributed by atoms with Crippen LogP contribution in [0.5, 0.6) is 0 Å². The second-order valence-corrected chi connectivity index (χ2v) is 2.31. The molecule has 0 spiro atoms. The van der Waals surface area contributed by atoms with Crippen molar-refractivity contribution in [1.82, 2.24) is 0 Å². The number of nitrogens with zero attached hydrogens (tertiary/aromatic N) is 1. The maximum Gasteiger partial charge on any atom is 0.303 e. The summed E-state index contributed by atoms with van der Waals surface area (Å²) in [6.45, 7) is 1.95. The molecule has 0 radical (unpaired) electrons. The summed E-state index contributed by atoms with van der Waals surface area (Å²) in [7, 11) is 0. The van der Waals surface area contributed by atoms with Gasteiger partial charge in [-0.2, -0.15) is 0 Å². The molecule has 0 bridgehead atoms. The molecule has 2 N–H and O–H groups in total. The Bertz CT molecular complexity index is 154. The Hall–Kier alpha value is -1.06. The summed E-state index contributed by atoms with van der Waals surface area (Å²) in [6.07, 6.45) is 1.93. The van der Waals surface area contributed by atoms with Crippen molar-refractivity contribution in [2.75, 3.05) is 0 Å². The zero-order valence-corrected chi connectivity index (χ0v) is 6.58. The van der Waals surface area contributed by atoms with Crippen molar-refractivity contribution in [2.45, 2.75) is 32.6 Å². The monoisotopic (exact) mass is 159 g/mol. The van der Waals surface area contributed by atoms with E-state index in [-0.39, 0.29) is 6.42 Å². The van der Waals surface area contributed by atoms with Gasteiger partial charge in [0.15, 0.2) is 0 Å². The fourth-order valence-electron chi connectivity index (χ4n) is 0.765. The molecule has 0 saturated heterocycles. The van der Waals surface area contributed by atoms with Gasteiger partial charge in [0, 0.05) is 0 Å². The van der Waals surface area contributed by atoms with Crippen LogP contribution in [0.1, 0.15) is 32.6 Å². The SMILES string of the molecule is CCCC(CCC(=O)O)=NO. The maximum atomic E-state index is 10.1. The highest BCUT2D eigenvalue weighted by atomic mass is 16.4. The summed E-state index contributed by atoms with van der Waals surface area (Å²) in [5, 5.41) is 19.7. The highest BCUT2D eigenvalue weighted by molar-refractivity contribution is 5.86. The first-order chi connectivity index (χ1) is 5.20. The van der Waals surface area contributed by atoms with E-state index in [1.165, 1.54) is 0 Å². The molecule has 0 aliphatic heterocycles. The van der Waals surface area contributed by atoms with E-state index in [2.05, 4.69) is 5.16 Å². The lowest BCUT2D eigenvalue weighted by molar-refractivity contribution is -0.136. The van der Waals surface area contributed by atoms with Gasteiger partial charge in [0.25, 0.3) is 0 Å². The summed E-state index contributed by atoms with van der Waals surface area (Å²) in [5.74, 6) is -0.859. The van der Waals surface area contributed by atoms with Gasteiger partial charge in [-0.1, -0.05) is 18.5 Å². The van der Waals surface area contributed by atoms with Crippen LogP contribution in [0.15, 0.2) is 5.16 Å². The molecule has 0 aliphatic carbocycles. The molecule has 0 atom stereocenters. The fourth-order valence-corrected chi connectivity index (χ4v) is 0.765. The first-order valence-corrected chi connectivity index (χ1v) is 3.62. The van der Waals surface area contributed by atoms with Crippen molar-refractivity contribution in [3.8, 4) is 0 Å². The largest absolute Gasteiger partial charge is 0.481 e. The molecule has 0 aromatic rings. The number of carboxylic acid groups (broad SMARTS) is 1. The van der Waals surface area contributed by atoms with Crippen molar-refractivity contribution in [2.24, 2.45) is 5.16 Å². The van der Waals surface area contributed by atoms with Gasteiger partial charge in [0.05, 0.1) is 12.1 Å². The molecular formula is C7H13NO3. The van der Waals surface area contributed by atoms with E-state index < -0.39 is 5.97 Å². The number of carboxylic acids is 1. The highest BCUT2D eigenvalue weighted by Gasteiger charge is 2.02. The van der Waals surface area contributed by atoms with E-state index >= 15 is 0 Å². The van der Waals surface area contributed by atoms with Crippen molar-refractivity contribution < 1.29 is 15.1 Å². The zero-order valence-electron chi connectivity index (χ0n) is 6.58. The molecule has 0 heterocycles. The van der Waals surface area contributed by atoms with Crippen LogP contribution in [0.4, 0.5) is 0 Å². The summed E-state index contributed by atoms with van der Waals surface area (Å²) in [5.41, 5.74) is 0.565. The van der Waals surface area contributed by atoms with E-state index in [1.54, 1.807) is 0 Å². The predicted octanol–water partition coefficient (Wildman–Crippen LogP) is 1.48. The van der Waals surface area contributed by atoms with Crippen LogP contribution >= 0.6 is 0 Å². The standard InChI is InChI=1S/C7H13NO3/c1-2-3-6(8-11)4-5-7(9)10/h11H,2-5H2,1H3,(H,9,10). The van der Waals surface area contributed by atoms with Crippen molar-refractivity contribution in [3.63, 3.8) is 0 Å². The number of rotatable bonds is 5. The molecule has 64 valence electrons. The van der Waals surface area contributed by atoms with Crippen LogP contribution in [-0.2, 0) is 4.79 Å². The molecule has 4 heteroatoms. The number of oxime groups is 1. The molecule has 11 heavy (non-hydrogen) atoms. The van der Waals surface area contributed by atoms with Crippen LogP contribution in [0.2, 0.25) is 0 Å². The van der Waals surface area contributed by atoms with Gasteiger partial charge < -0.3 is 10.3 Å². The Balaban J connectivity index is 3.62. The molecule has 0 aromatic carbocycles. The third-order valence-electron chi connectivity index (χ3n) is 1.31. The lowest BCUT2D eigenvalue weighted by atomic mass is 10.1. The van der Waals surface area contributed by atoms with E-state index in [4.69, 9.17) is 10.3 Å². The Morgan fingerprint density at radius 1 is 1.36 bits per heavy atom. The van der Waals surface area contributed by atoms with Crippen molar-refractivity contribution in [1.29, 1.82) is 0 Å². The van der Waals surface area contributed by atoms with Gasteiger partial charge in [0.2, 0.25) is 0 Å². The minimum absolute atomic E-state index is 0.0411. The summed E-state index contributed by atoms with van der Waals surface area (Å²) < 4.78 is 0. The van der Waals surface area contributed by atoms with E-state index in [9.17, 15) is 4.79 Å². The second-order valence-electron chi connectivity index (χ2n) is 2.31.